The molecule has 45 heavy (non-hydrogen) atoms. The van der Waals surface area contributed by atoms with Crippen molar-refractivity contribution < 1.29 is 32.7 Å². The maximum atomic E-state index is 11.9. The molecule has 3 aromatic carbocycles. The van der Waals surface area contributed by atoms with Crippen molar-refractivity contribution in [2.75, 3.05) is 0 Å². The fourth-order valence-corrected chi connectivity index (χ4v) is 7.43. The van der Waals surface area contributed by atoms with Gasteiger partial charge in [0.25, 0.3) is 0 Å². The Hall–Kier alpha value is -3.05. The van der Waals surface area contributed by atoms with Gasteiger partial charge in [-0.25, -0.2) is 0 Å². The smallest absolute Gasteiger partial charge is 0.162 e. The summed E-state index contributed by atoms with van der Waals surface area (Å²) in [4.78, 5) is 16.5. The van der Waals surface area contributed by atoms with Crippen LogP contribution >= 0.6 is 0 Å². The maximum Gasteiger partial charge on any atom is 0.162 e. The van der Waals surface area contributed by atoms with E-state index in [2.05, 4.69) is 84.5 Å². The van der Waals surface area contributed by atoms with Crippen LogP contribution in [0.3, 0.4) is 0 Å². The van der Waals surface area contributed by atoms with Gasteiger partial charge in [-0.3, -0.25) is 4.79 Å². The zero-order chi connectivity index (χ0) is 33.7. The first-order valence-electron chi connectivity index (χ1n) is 17.1. The minimum atomic E-state index is -1.65. The van der Waals surface area contributed by atoms with E-state index in [1.807, 2.05) is 34.6 Å². The van der Waals surface area contributed by atoms with Crippen LogP contribution in [0.2, 0.25) is 19.6 Å². The Bertz CT molecular complexity index is 2120. The molecule has 0 spiro atoms. The van der Waals surface area contributed by atoms with E-state index in [1.54, 1.807) is 0 Å². The van der Waals surface area contributed by atoms with Gasteiger partial charge in [-0.1, -0.05) is 101 Å². The number of hydrogen-bond donors (Lipinski definition) is 1. The van der Waals surface area contributed by atoms with Crippen LogP contribution in [-0.2, 0) is 24.9 Å². The molecule has 0 atom stereocenters. The summed E-state index contributed by atoms with van der Waals surface area (Å²) >= 11 is 0. The second kappa shape index (κ2) is 13.4. The summed E-state index contributed by atoms with van der Waals surface area (Å²) in [6, 6.07) is 18.9. The summed E-state index contributed by atoms with van der Waals surface area (Å²) in [6.45, 7) is 19.1. The Balaban J connectivity index is 0.000000254. The third-order valence-corrected chi connectivity index (χ3v) is 11.8. The third-order valence-electron chi connectivity index (χ3n) is 9.74. The largest absolute Gasteiger partial charge is 0.512 e. The predicted octanol–water partition coefficient (Wildman–Crippen LogP) is 10.3. The summed E-state index contributed by atoms with van der Waals surface area (Å²) in [5, 5.41) is 16.4. The van der Waals surface area contributed by atoms with Crippen molar-refractivity contribution in [3.63, 3.8) is 0 Å². The molecular formula is C39H47IrN2O2Si-. The molecular weight excluding hydrogens is 749 g/mol. The van der Waals surface area contributed by atoms with Gasteiger partial charge in [-0.05, 0) is 71.1 Å². The van der Waals surface area contributed by atoms with Crippen molar-refractivity contribution in [3.8, 4) is 0 Å². The molecule has 6 rings (SSSR count). The zero-order valence-corrected chi connectivity index (χ0v) is 31.5. The van der Waals surface area contributed by atoms with E-state index < -0.39 is 8.07 Å². The molecule has 0 amide bonds. The molecule has 239 valence electrons. The molecule has 0 saturated heterocycles. The molecule has 6 aromatic rings. The number of aliphatic hydroxyl groups is 1. The number of rotatable bonds is 8. The Morgan fingerprint density at radius 3 is 2.36 bits per heavy atom. The number of nitrogens with zero attached hydrogens (tertiary/aromatic N) is 2. The summed E-state index contributed by atoms with van der Waals surface area (Å²) in [5.41, 5.74) is 4.94. The van der Waals surface area contributed by atoms with Gasteiger partial charge in [-0.15, -0.1) is 17.7 Å². The first-order chi connectivity index (χ1) is 21.7. The Labute approximate surface area is 285 Å². The van der Waals surface area contributed by atoms with Crippen LogP contribution in [0.4, 0.5) is 0 Å². The second-order valence-corrected chi connectivity index (χ2v) is 18.6. The van der Waals surface area contributed by atoms with Crippen molar-refractivity contribution >= 4 is 68.0 Å². The maximum absolute atomic E-state index is 11.9. The van der Waals surface area contributed by atoms with Gasteiger partial charge >= 0.3 is 0 Å². The molecule has 6 heteroatoms. The molecule has 0 aliphatic rings. The van der Waals surface area contributed by atoms with Gasteiger partial charge in [0.1, 0.15) is 5.76 Å². The molecule has 0 unspecified atom stereocenters. The number of fused-ring (bicyclic) bond motifs is 5. The monoisotopic (exact) mass is 798 g/mol. The molecule has 1 N–H and O–H groups in total. The number of carbonyl (C=O) groups excluding carboxylic acids is 1. The van der Waals surface area contributed by atoms with Crippen LogP contribution in [0.25, 0.3) is 49.0 Å². The fraction of sp³-hybridized carbons (Fsp3) is 0.385. The number of aromatic nitrogens is 2. The van der Waals surface area contributed by atoms with E-state index in [1.165, 1.54) is 22.0 Å². The van der Waals surface area contributed by atoms with Gasteiger partial charge in [0.15, 0.2) is 5.78 Å². The Morgan fingerprint density at radius 1 is 1.07 bits per heavy atom. The third kappa shape index (κ3) is 6.22. The van der Waals surface area contributed by atoms with E-state index in [4.69, 9.17) is 2.74 Å². The quantitative estimate of drug-likeness (QED) is 0.0417. The second-order valence-electron chi connectivity index (χ2n) is 13.5. The number of ketones is 1. The molecule has 0 aliphatic carbocycles. The molecule has 0 aliphatic heterocycles. The van der Waals surface area contributed by atoms with Crippen molar-refractivity contribution in [3.05, 3.63) is 78.1 Å². The van der Waals surface area contributed by atoms with E-state index >= 15 is 0 Å². The molecule has 0 saturated carbocycles. The molecule has 0 bridgehead atoms. The summed E-state index contributed by atoms with van der Waals surface area (Å²) in [6.07, 6.45) is 4.86. The summed E-state index contributed by atoms with van der Waals surface area (Å²) in [5.74, 6) is 0.366. The molecule has 4 nitrogen and oxygen atoms in total. The SMILES string of the molecule is CCC(CC)C(=O)/C=C(\O)C(C)(CC)CC.[2H]c1nc2c3[c-]c(C)cc4c5ccccc5n(c5cc([Si](C)(C)C)cc(c1[2H])c25)c34.[Ir]. The Morgan fingerprint density at radius 2 is 1.73 bits per heavy atom. The van der Waals surface area contributed by atoms with E-state index in [0.717, 1.165) is 69.5 Å². The van der Waals surface area contributed by atoms with Gasteiger partial charge < -0.3 is 14.5 Å². The van der Waals surface area contributed by atoms with Crippen molar-refractivity contribution in [1.82, 2.24) is 9.38 Å². The van der Waals surface area contributed by atoms with Crippen LogP contribution in [0.15, 0.2) is 66.5 Å². The number of carbonyl (C=O) groups is 1. The van der Waals surface area contributed by atoms with Crippen molar-refractivity contribution in [2.24, 2.45) is 11.3 Å². The number of aryl methyl sites for hydroxylation is 1. The normalized spacial score (nSPS) is 13.4. The average Bonchev–Trinajstić information content (AvgIpc) is 3.36. The molecule has 3 aromatic heterocycles. The van der Waals surface area contributed by atoms with Gasteiger partial charge in [0.2, 0.25) is 0 Å². The minimum absolute atomic E-state index is 0. The van der Waals surface area contributed by atoms with Crippen LogP contribution in [-0.4, -0.2) is 28.3 Å². The van der Waals surface area contributed by atoms with E-state index in [-0.39, 0.29) is 55.2 Å². The number of pyridine rings is 2. The summed E-state index contributed by atoms with van der Waals surface area (Å²) < 4.78 is 19.4. The van der Waals surface area contributed by atoms with Crippen LogP contribution in [0.1, 0.15) is 68.6 Å². The number of allylic oxidation sites excluding steroid dienone is 2. The van der Waals surface area contributed by atoms with Crippen molar-refractivity contribution in [1.29, 1.82) is 0 Å². The fourth-order valence-electron chi connectivity index (χ4n) is 6.28. The standard InChI is InChI=1S/C25H21N2Si.C14H26O2.Ir/c1-15-11-19-18-7-5-6-8-21(18)27-22-14-17(28(2,3)4)13-16-9-10-26-24(23(16)22)20(12-15)25(19)27;1-6-11(7-2)12(15)10-13(16)14(5,8-3)9-4;/h5-11,13-14H,1-4H3;10-11,16H,6-9H2,1-5H3;/q-1;;/b;13-10-;/i9D,10D;;. The van der Waals surface area contributed by atoms with Crippen LogP contribution in [0.5, 0.6) is 0 Å². The number of aliphatic hydroxyl groups excluding tert-OH is 1. The van der Waals surface area contributed by atoms with Crippen LogP contribution in [0, 0.1) is 24.3 Å². The molecule has 1 radical (unpaired) electrons. The number of hydrogen-bond acceptors (Lipinski definition) is 3. The zero-order valence-electron chi connectivity index (χ0n) is 30.1. The van der Waals surface area contributed by atoms with Gasteiger partial charge in [0, 0.05) is 54.7 Å². The topological polar surface area (TPSA) is 54.6 Å². The number of para-hydroxylation sites is 1. The van der Waals surface area contributed by atoms with E-state index in [0.29, 0.717) is 0 Å². The molecule has 0 fully saturated rings. The Kier molecular flexibility index (Phi) is 9.47. The van der Waals surface area contributed by atoms with Gasteiger partial charge in [-0.2, -0.15) is 0 Å². The first kappa shape index (κ1) is 31.9. The minimum Gasteiger partial charge on any atom is -0.512 e. The van der Waals surface area contributed by atoms with Crippen LogP contribution < -0.4 is 5.19 Å². The average molecular weight is 798 g/mol. The van der Waals surface area contributed by atoms with E-state index in [9.17, 15) is 9.90 Å². The predicted molar refractivity (Wildman–Crippen MR) is 191 cm³/mol. The first-order valence-corrected chi connectivity index (χ1v) is 19.6. The summed E-state index contributed by atoms with van der Waals surface area (Å²) in [7, 11) is -1.65. The van der Waals surface area contributed by atoms with Crippen molar-refractivity contribution in [2.45, 2.75) is 86.9 Å². The molecule has 3 heterocycles. The number of benzene rings is 3. The van der Waals surface area contributed by atoms with Gasteiger partial charge in [0.05, 0.1) is 10.8 Å².